The van der Waals surface area contributed by atoms with Crippen molar-refractivity contribution in [3.8, 4) is 0 Å². The molecule has 1 N–H and O–H groups in total. The van der Waals surface area contributed by atoms with E-state index in [0.29, 0.717) is 18.8 Å². The Hall–Kier alpha value is -0.650. The highest BCUT2D eigenvalue weighted by molar-refractivity contribution is 5.78. The number of rotatable bonds is 4. The predicted octanol–water partition coefficient (Wildman–Crippen LogP) is -0.473. The third kappa shape index (κ3) is 3.66. The van der Waals surface area contributed by atoms with Crippen LogP contribution in [0.5, 0.6) is 0 Å². The molecule has 0 aromatic carbocycles. The molecule has 98 valence electrons. The number of carbonyl (C=O) groups excluding carboxylic acids is 1. The zero-order chi connectivity index (χ0) is 12.3. The Morgan fingerprint density at radius 1 is 1.29 bits per heavy atom. The fourth-order valence-corrected chi connectivity index (χ4v) is 2.24. The Morgan fingerprint density at radius 2 is 1.94 bits per heavy atom. The van der Waals surface area contributed by atoms with E-state index in [4.69, 9.17) is 4.74 Å². The molecule has 2 saturated heterocycles. The van der Waals surface area contributed by atoms with Crippen molar-refractivity contribution in [2.75, 3.05) is 46.8 Å². The molecule has 2 aliphatic rings. The number of ether oxygens (including phenoxy) is 1. The highest BCUT2D eigenvalue weighted by atomic mass is 16.5. The van der Waals surface area contributed by atoms with Crippen molar-refractivity contribution in [3.05, 3.63) is 0 Å². The summed E-state index contributed by atoms with van der Waals surface area (Å²) in [7, 11) is 3.86. The molecule has 2 fully saturated rings. The number of hydrogen-bond donors (Lipinski definition) is 1. The van der Waals surface area contributed by atoms with Crippen LogP contribution >= 0.6 is 0 Å². The van der Waals surface area contributed by atoms with Crippen molar-refractivity contribution in [1.82, 2.24) is 15.1 Å². The molecular weight excluding hydrogens is 218 g/mol. The van der Waals surface area contributed by atoms with Gasteiger partial charge in [-0.1, -0.05) is 0 Å². The molecule has 0 atom stereocenters. The summed E-state index contributed by atoms with van der Waals surface area (Å²) in [6.07, 6.45) is 2.72. The Labute approximate surface area is 103 Å². The lowest BCUT2D eigenvalue weighted by Crippen LogP contribution is -2.52. The van der Waals surface area contributed by atoms with Crippen LogP contribution in [0.4, 0.5) is 0 Å². The molecule has 2 aliphatic heterocycles. The van der Waals surface area contributed by atoms with Crippen molar-refractivity contribution >= 4 is 5.91 Å². The molecule has 0 aromatic rings. The summed E-state index contributed by atoms with van der Waals surface area (Å²) in [5, 5.41) is 3.20. The molecular formula is C12H23N3O2. The molecule has 17 heavy (non-hydrogen) atoms. The van der Waals surface area contributed by atoms with Crippen LogP contribution < -0.4 is 5.32 Å². The summed E-state index contributed by atoms with van der Waals surface area (Å²) < 4.78 is 5.93. The van der Waals surface area contributed by atoms with E-state index in [0.717, 1.165) is 39.0 Å². The van der Waals surface area contributed by atoms with E-state index in [2.05, 4.69) is 5.32 Å². The lowest BCUT2D eigenvalue weighted by atomic mass is 10.1. The zero-order valence-corrected chi connectivity index (χ0v) is 10.8. The normalized spacial score (nSPS) is 22.9. The first-order valence-corrected chi connectivity index (χ1v) is 6.44. The average Bonchev–Trinajstić information content (AvgIpc) is 2.23. The number of hydrogen-bond acceptors (Lipinski definition) is 4. The first-order valence-electron chi connectivity index (χ1n) is 6.44. The summed E-state index contributed by atoms with van der Waals surface area (Å²) in [6, 6.07) is 0. The fraction of sp³-hybridized carbons (Fsp3) is 0.917. The minimum absolute atomic E-state index is 0.235. The molecule has 0 bridgehead atoms. The molecule has 0 aliphatic carbocycles. The van der Waals surface area contributed by atoms with Gasteiger partial charge in [0.05, 0.1) is 18.8 Å². The smallest absolute Gasteiger partial charge is 0.236 e. The van der Waals surface area contributed by atoms with Crippen LogP contribution in [-0.4, -0.2) is 74.7 Å². The molecule has 5 nitrogen and oxygen atoms in total. The molecule has 0 saturated carbocycles. The van der Waals surface area contributed by atoms with Crippen LogP contribution in [0.2, 0.25) is 0 Å². The molecule has 0 radical (unpaired) electrons. The van der Waals surface area contributed by atoms with Gasteiger partial charge in [-0.3, -0.25) is 4.79 Å². The standard InChI is InChI=1S/C12H23N3O2/c1-14(2)9-12(16)15-5-3-10(4-6-15)17-11-7-13-8-11/h10-11,13H,3-9H2,1-2H3. The highest BCUT2D eigenvalue weighted by Gasteiger charge is 2.27. The van der Waals surface area contributed by atoms with Crippen molar-refractivity contribution in [1.29, 1.82) is 0 Å². The van der Waals surface area contributed by atoms with Gasteiger partial charge in [-0.25, -0.2) is 0 Å². The van der Waals surface area contributed by atoms with Gasteiger partial charge in [-0.15, -0.1) is 0 Å². The van der Waals surface area contributed by atoms with Gasteiger partial charge in [0.15, 0.2) is 0 Å². The van der Waals surface area contributed by atoms with Gasteiger partial charge in [-0.05, 0) is 26.9 Å². The van der Waals surface area contributed by atoms with Crippen LogP contribution in [-0.2, 0) is 9.53 Å². The van der Waals surface area contributed by atoms with Crippen molar-refractivity contribution in [2.24, 2.45) is 0 Å². The van der Waals surface area contributed by atoms with Gasteiger partial charge in [-0.2, -0.15) is 0 Å². The molecule has 0 spiro atoms. The van der Waals surface area contributed by atoms with Crippen molar-refractivity contribution in [3.63, 3.8) is 0 Å². The minimum Gasteiger partial charge on any atom is -0.372 e. The maximum absolute atomic E-state index is 11.8. The highest BCUT2D eigenvalue weighted by Crippen LogP contribution is 2.16. The van der Waals surface area contributed by atoms with Crippen LogP contribution in [0.3, 0.4) is 0 Å². The largest absolute Gasteiger partial charge is 0.372 e. The second-order valence-electron chi connectivity index (χ2n) is 5.23. The van der Waals surface area contributed by atoms with Crippen LogP contribution in [0.15, 0.2) is 0 Å². The third-order valence-electron chi connectivity index (χ3n) is 3.38. The first-order chi connectivity index (χ1) is 8.15. The van der Waals surface area contributed by atoms with E-state index >= 15 is 0 Å². The average molecular weight is 241 g/mol. The molecule has 0 unspecified atom stereocenters. The van der Waals surface area contributed by atoms with Crippen LogP contribution in [0.1, 0.15) is 12.8 Å². The van der Waals surface area contributed by atoms with Gasteiger partial charge >= 0.3 is 0 Å². The number of nitrogens with zero attached hydrogens (tertiary/aromatic N) is 2. The summed E-state index contributed by atoms with van der Waals surface area (Å²) in [4.78, 5) is 15.7. The van der Waals surface area contributed by atoms with Gasteiger partial charge in [0.25, 0.3) is 0 Å². The minimum atomic E-state index is 0.235. The van der Waals surface area contributed by atoms with Gasteiger partial charge < -0.3 is 19.9 Å². The maximum atomic E-state index is 11.8. The molecule has 2 heterocycles. The SMILES string of the molecule is CN(C)CC(=O)N1CCC(OC2CNC2)CC1. The summed E-state index contributed by atoms with van der Waals surface area (Å²) in [5.41, 5.74) is 0. The van der Waals surface area contributed by atoms with E-state index in [9.17, 15) is 4.79 Å². The van der Waals surface area contributed by atoms with Gasteiger partial charge in [0.1, 0.15) is 0 Å². The van der Waals surface area contributed by atoms with Gasteiger partial charge in [0.2, 0.25) is 5.91 Å². The first kappa shape index (κ1) is 12.8. The lowest BCUT2D eigenvalue weighted by Gasteiger charge is -2.37. The summed E-state index contributed by atoms with van der Waals surface area (Å²) in [6.45, 7) is 4.17. The van der Waals surface area contributed by atoms with Crippen LogP contribution in [0.25, 0.3) is 0 Å². The van der Waals surface area contributed by atoms with Gasteiger partial charge in [0, 0.05) is 26.2 Å². The second-order valence-corrected chi connectivity index (χ2v) is 5.23. The number of likely N-dealkylation sites (N-methyl/N-ethyl adjacent to an activating group) is 1. The fourth-order valence-electron chi connectivity index (χ4n) is 2.24. The van der Waals surface area contributed by atoms with E-state index in [1.807, 2.05) is 23.9 Å². The number of piperidine rings is 1. The third-order valence-corrected chi connectivity index (χ3v) is 3.38. The van der Waals surface area contributed by atoms with Crippen molar-refractivity contribution < 1.29 is 9.53 Å². The second kappa shape index (κ2) is 5.80. The van der Waals surface area contributed by atoms with Crippen LogP contribution in [0, 0.1) is 0 Å². The topological polar surface area (TPSA) is 44.8 Å². The number of nitrogens with one attached hydrogen (secondary N) is 1. The molecule has 5 heteroatoms. The Kier molecular flexibility index (Phi) is 4.36. The molecule has 2 rings (SSSR count). The van der Waals surface area contributed by atoms with E-state index in [1.54, 1.807) is 0 Å². The van der Waals surface area contributed by atoms with E-state index < -0.39 is 0 Å². The van der Waals surface area contributed by atoms with E-state index in [-0.39, 0.29) is 5.91 Å². The number of likely N-dealkylation sites (tertiary alicyclic amines) is 1. The molecule has 0 aromatic heterocycles. The predicted molar refractivity (Wildman–Crippen MR) is 65.9 cm³/mol. The molecule has 1 amide bonds. The quantitative estimate of drug-likeness (QED) is 0.722. The number of carbonyl (C=O) groups is 1. The summed E-state index contributed by atoms with van der Waals surface area (Å²) >= 11 is 0. The Bertz CT molecular complexity index is 258. The monoisotopic (exact) mass is 241 g/mol. The summed E-state index contributed by atoms with van der Waals surface area (Å²) in [5.74, 6) is 0.235. The van der Waals surface area contributed by atoms with E-state index in [1.165, 1.54) is 0 Å². The van der Waals surface area contributed by atoms with Crippen molar-refractivity contribution in [2.45, 2.75) is 25.0 Å². The number of amides is 1. The zero-order valence-electron chi connectivity index (χ0n) is 10.8. The lowest BCUT2D eigenvalue weighted by molar-refractivity contribution is -0.135. The maximum Gasteiger partial charge on any atom is 0.236 e. The Balaban J connectivity index is 1.67. The Morgan fingerprint density at radius 3 is 2.41 bits per heavy atom.